The van der Waals surface area contributed by atoms with Crippen molar-refractivity contribution in [3.8, 4) is 34.1 Å². The van der Waals surface area contributed by atoms with E-state index >= 15 is 0 Å². The van der Waals surface area contributed by atoms with E-state index in [2.05, 4.69) is 0 Å². The molecule has 16 heteroatoms. The Morgan fingerprint density at radius 2 is 1.43 bits per heavy atom. The third-order valence-corrected chi connectivity index (χ3v) is 7.53. The molecule has 2 aliphatic heterocycles. The number of aliphatic hydroxyl groups is 7. The number of phenolic OH excluding ortho intramolecular Hbond substituents is 2. The van der Waals surface area contributed by atoms with Crippen LogP contribution in [0, 0.1) is 0 Å². The Morgan fingerprint density at radius 3 is 2.07 bits per heavy atom. The number of aliphatic hydroxyl groups excluding tert-OH is 7. The van der Waals surface area contributed by atoms with Gasteiger partial charge in [0, 0.05) is 6.07 Å². The number of fused-ring (bicyclic) bond motifs is 1. The number of benzene rings is 2. The molecule has 0 bridgehead atoms. The van der Waals surface area contributed by atoms with Crippen molar-refractivity contribution >= 4 is 11.0 Å². The second kappa shape index (κ2) is 12.8. The van der Waals surface area contributed by atoms with Crippen LogP contribution in [0.25, 0.3) is 22.1 Å². The lowest BCUT2D eigenvalue weighted by molar-refractivity contribution is -0.323. The maximum atomic E-state index is 13.3. The molecule has 0 spiro atoms. The molecule has 9 N–H and O–H groups in total. The van der Waals surface area contributed by atoms with Crippen molar-refractivity contribution in [2.75, 3.05) is 20.3 Å². The quantitative estimate of drug-likeness (QED) is 0.130. The van der Waals surface area contributed by atoms with Crippen molar-refractivity contribution in [2.45, 2.75) is 61.4 Å². The molecule has 44 heavy (non-hydrogen) atoms. The molecule has 2 saturated heterocycles. The topological polar surface area (TPSA) is 258 Å². The Morgan fingerprint density at radius 1 is 0.818 bits per heavy atom. The van der Waals surface area contributed by atoms with Crippen LogP contribution in [0.4, 0.5) is 0 Å². The van der Waals surface area contributed by atoms with Gasteiger partial charge in [-0.15, -0.1) is 0 Å². The number of rotatable bonds is 8. The predicted molar refractivity (Wildman–Crippen MR) is 145 cm³/mol. The Labute approximate surface area is 248 Å². The number of phenols is 2. The molecule has 10 atom stereocenters. The van der Waals surface area contributed by atoms with Crippen molar-refractivity contribution in [3.63, 3.8) is 0 Å². The van der Waals surface area contributed by atoms with Gasteiger partial charge < -0.3 is 74.1 Å². The van der Waals surface area contributed by atoms with Crippen LogP contribution in [0.5, 0.6) is 23.0 Å². The maximum Gasteiger partial charge on any atom is 0.229 e. The van der Waals surface area contributed by atoms with E-state index in [0.29, 0.717) is 5.56 Å². The summed E-state index contributed by atoms with van der Waals surface area (Å²) in [5, 5.41) is 91.4. The molecule has 5 rings (SSSR count). The highest BCUT2D eigenvalue weighted by Gasteiger charge is 2.48. The SMILES string of the molecule is COc1c(OC2OC(COC3OC(CO)C(O)C(O)C3O)C(O)C(O)C2O)cc2occ(-c3ccc(O)cc3)c(=O)c2c1O. The van der Waals surface area contributed by atoms with Crippen LogP contribution >= 0.6 is 0 Å². The van der Waals surface area contributed by atoms with Gasteiger partial charge in [0.25, 0.3) is 0 Å². The fourth-order valence-electron chi connectivity index (χ4n) is 5.02. The van der Waals surface area contributed by atoms with Crippen LogP contribution in [0.2, 0.25) is 0 Å². The molecular weight excluding hydrogens is 592 g/mol. The largest absolute Gasteiger partial charge is 0.508 e. The Bertz CT molecular complexity index is 1510. The van der Waals surface area contributed by atoms with Gasteiger partial charge in [-0.3, -0.25) is 4.79 Å². The first-order valence-corrected chi connectivity index (χ1v) is 13.4. The van der Waals surface area contributed by atoms with E-state index in [-0.39, 0.29) is 33.8 Å². The van der Waals surface area contributed by atoms with Crippen LogP contribution in [0.3, 0.4) is 0 Å². The average molecular weight is 625 g/mol. The molecule has 0 amide bonds. The minimum atomic E-state index is -1.85. The third kappa shape index (κ3) is 5.80. The Kier molecular flexibility index (Phi) is 9.28. The lowest BCUT2D eigenvalue weighted by Crippen LogP contribution is -2.62. The zero-order valence-corrected chi connectivity index (χ0v) is 23.0. The summed E-state index contributed by atoms with van der Waals surface area (Å²) in [7, 11) is 1.17. The van der Waals surface area contributed by atoms with Crippen LogP contribution in [-0.4, -0.2) is 128 Å². The standard InChI is InChI=1S/C28H32O16/c1-39-26-14(6-13-17(21(26)34)18(31)12(8-40-13)10-2-4-11(30)5-3-10)42-28-25(38)23(36)20(33)16(44-28)9-41-27-24(37)22(35)19(32)15(7-29)43-27/h2-6,8,15-16,19-20,22-25,27-30,32-38H,7,9H2,1H3. The zero-order valence-electron chi connectivity index (χ0n) is 23.0. The summed E-state index contributed by atoms with van der Waals surface area (Å²) in [5.74, 6) is -1.31. The number of hydrogen-bond acceptors (Lipinski definition) is 16. The molecule has 2 aromatic carbocycles. The molecule has 0 saturated carbocycles. The van der Waals surface area contributed by atoms with Crippen molar-refractivity contribution in [2.24, 2.45) is 0 Å². The van der Waals surface area contributed by atoms with Crippen LogP contribution < -0.4 is 14.9 Å². The highest BCUT2D eigenvalue weighted by atomic mass is 16.7. The molecular formula is C28H32O16. The van der Waals surface area contributed by atoms with Gasteiger partial charge in [0.05, 0.1) is 25.9 Å². The fraction of sp³-hybridized carbons (Fsp3) is 0.464. The minimum Gasteiger partial charge on any atom is -0.508 e. The lowest BCUT2D eigenvalue weighted by Gasteiger charge is -2.42. The molecule has 3 aromatic rings. The summed E-state index contributed by atoms with van der Waals surface area (Å²) in [4.78, 5) is 13.3. The monoisotopic (exact) mass is 624 g/mol. The third-order valence-electron chi connectivity index (χ3n) is 7.53. The van der Waals surface area contributed by atoms with Crippen LogP contribution in [-0.2, 0) is 14.2 Å². The predicted octanol–water partition coefficient (Wildman–Crippen LogP) is -2.12. The summed E-state index contributed by atoms with van der Waals surface area (Å²) >= 11 is 0. The highest BCUT2D eigenvalue weighted by molar-refractivity contribution is 5.91. The van der Waals surface area contributed by atoms with Crippen molar-refractivity contribution in [1.82, 2.24) is 0 Å². The van der Waals surface area contributed by atoms with Crippen molar-refractivity contribution in [3.05, 3.63) is 46.8 Å². The number of hydrogen-bond donors (Lipinski definition) is 9. The second-order valence-electron chi connectivity index (χ2n) is 10.3. The summed E-state index contributed by atoms with van der Waals surface area (Å²) in [6.45, 7) is -1.30. The molecule has 3 heterocycles. The van der Waals surface area contributed by atoms with E-state index in [4.69, 9.17) is 28.1 Å². The summed E-state index contributed by atoms with van der Waals surface area (Å²) in [5.41, 5.74) is -0.286. The molecule has 10 unspecified atom stereocenters. The zero-order chi connectivity index (χ0) is 31.9. The normalized spacial score (nSPS) is 32.5. The van der Waals surface area contributed by atoms with Gasteiger partial charge in [-0.05, 0) is 17.7 Å². The van der Waals surface area contributed by atoms with E-state index in [9.17, 15) is 50.8 Å². The smallest absolute Gasteiger partial charge is 0.229 e. The summed E-state index contributed by atoms with van der Waals surface area (Å²) in [6.07, 6.45) is -15.4. The van der Waals surface area contributed by atoms with E-state index in [1.807, 2.05) is 0 Å². The molecule has 1 aromatic heterocycles. The minimum absolute atomic E-state index is 0.0160. The lowest BCUT2D eigenvalue weighted by atomic mass is 9.98. The molecule has 2 fully saturated rings. The van der Waals surface area contributed by atoms with E-state index in [0.717, 1.165) is 6.26 Å². The van der Waals surface area contributed by atoms with E-state index in [1.165, 1.54) is 37.4 Å². The van der Waals surface area contributed by atoms with Gasteiger partial charge in [-0.1, -0.05) is 12.1 Å². The van der Waals surface area contributed by atoms with Gasteiger partial charge in [0.1, 0.15) is 71.8 Å². The van der Waals surface area contributed by atoms with Crippen molar-refractivity contribution < 1.29 is 74.1 Å². The van der Waals surface area contributed by atoms with E-state index < -0.39 is 85.8 Å². The highest BCUT2D eigenvalue weighted by Crippen LogP contribution is 2.43. The van der Waals surface area contributed by atoms with Gasteiger partial charge in [0.15, 0.2) is 17.8 Å². The van der Waals surface area contributed by atoms with Gasteiger partial charge in [-0.2, -0.15) is 0 Å². The van der Waals surface area contributed by atoms with E-state index in [1.54, 1.807) is 0 Å². The molecule has 2 aliphatic rings. The van der Waals surface area contributed by atoms with Crippen LogP contribution in [0.1, 0.15) is 0 Å². The summed E-state index contributed by atoms with van der Waals surface area (Å²) in [6, 6.07) is 6.90. The Hall–Kier alpha value is -3.55. The van der Waals surface area contributed by atoms with Gasteiger partial charge >= 0.3 is 0 Å². The van der Waals surface area contributed by atoms with Gasteiger partial charge in [0.2, 0.25) is 17.5 Å². The first-order chi connectivity index (χ1) is 21.0. The molecule has 0 aliphatic carbocycles. The maximum absolute atomic E-state index is 13.3. The fourth-order valence-corrected chi connectivity index (χ4v) is 5.02. The first kappa shape index (κ1) is 31.9. The first-order valence-electron chi connectivity index (χ1n) is 13.4. The van der Waals surface area contributed by atoms with Crippen molar-refractivity contribution in [1.29, 1.82) is 0 Å². The number of methoxy groups -OCH3 is 1. The average Bonchev–Trinajstić information content (AvgIpc) is 3.01. The van der Waals surface area contributed by atoms with Gasteiger partial charge in [-0.25, -0.2) is 0 Å². The second-order valence-corrected chi connectivity index (χ2v) is 10.3. The molecule has 0 radical (unpaired) electrons. The summed E-state index contributed by atoms with van der Waals surface area (Å²) < 4.78 is 32.9. The Balaban J connectivity index is 1.39. The number of aromatic hydroxyl groups is 2. The number of ether oxygens (including phenoxy) is 5. The van der Waals surface area contributed by atoms with Crippen LogP contribution in [0.15, 0.2) is 45.8 Å². The molecule has 240 valence electrons. The molecule has 16 nitrogen and oxygen atoms in total.